The highest BCUT2D eigenvalue weighted by atomic mass is 32.1. The highest BCUT2D eigenvalue weighted by molar-refractivity contribution is 7.14. The first-order valence-electron chi connectivity index (χ1n) is 11.3. The van der Waals surface area contributed by atoms with Gasteiger partial charge in [-0.25, -0.2) is 9.78 Å². The second-order valence-electron chi connectivity index (χ2n) is 7.81. The van der Waals surface area contributed by atoms with Gasteiger partial charge in [0, 0.05) is 30.9 Å². The van der Waals surface area contributed by atoms with Gasteiger partial charge < -0.3 is 26.4 Å². The molecule has 14 heteroatoms. The van der Waals surface area contributed by atoms with E-state index in [2.05, 4.69) is 36.6 Å². The molecule has 2 heterocycles. The Bertz CT molecular complexity index is 1270. The highest BCUT2D eigenvalue weighted by Gasteiger charge is 2.24. The van der Waals surface area contributed by atoms with Gasteiger partial charge in [0.05, 0.1) is 13.0 Å². The summed E-state index contributed by atoms with van der Waals surface area (Å²) < 4.78 is 0. The van der Waals surface area contributed by atoms with Crippen LogP contribution >= 0.6 is 11.3 Å². The summed E-state index contributed by atoms with van der Waals surface area (Å²) in [6.45, 7) is -0.118. The molecule has 1 atom stereocenters. The number of thiazole rings is 1. The summed E-state index contributed by atoms with van der Waals surface area (Å²) in [4.78, 5) is 68.2. The molecule has 2 aromatic heterocycles. The standard InChI is InChI=1S/C24H25N7O6S/c32-19(29-17(9-20(33)34)21(35)26-12-16-7-4-8-25-10-16)13-27-22(36)18-14-38-24(30-18)31-23(37)28-11-15-5-2-1-3-6-15/h1-8,10,14,17H,9,11-13H2,(H,26,35)(H,27,36)(H,29,32)(H,33,34)(H2,28,30,31,37)/t17-/m0/s1. The van der Waals surface area contributed by atoms with E-state index in [-0.39, 0.29) is 17.4 Å². The number of carboxylic acid groups (broad SMARTS) is 1. The molecular weight excluding hydrogens is 514 g/mol. The van der Waals surface area contributed by atoms with Gasteiger partial charge in [0.15, 0.2) is 5.13 Å². The first-order valence-corrected chi connectivity index (χ1v) is 12.2. The van der Waals surface area contributed by atoms with Crippen molar-refractivity contribution in [1.82, 2.24) is 31.2 Å². The van der Waals surface area contributed by atoms with Crippen LogP contribution in [-0.4, -0.2) is 57.4 Å². The predicted molar refractivity (Wildman–Crippen MR) is 137 cm³/mol. The molecule has 3 rings (SSSR count). The molecule has 0 unspecified atom stereocenters. The van der Waals surface area contributed by atoms with E-state index in [9.17, 15) is 24.0 Å². The molecule has 0 aliphatic heterocycles. The maximum Gasteiger partial charge on any atom is 0.321 e. The van der Waals surface area contributed by atoms with Gasteiger partial charge in [-0.1, -0.05) is 36.4 Å². The molecular formula is C24H25N7O6S. The number of aromatic nitrogens is 2. The Morgan fingerprint density at radius 2 is 1.66 bits per heavy atom. The molecule has 1 aromatic carbocycles. The largest absolute Gasteiger partial charge is 0.481 e. The third-order valence-electron chi connectivity index (χ3n) is 4.88. The number of nitrogens with zero attached hydrogens (tertiary/aromatic N) is 2. The number of benzene rings is 1. The van der Waals surface area contributed by atoms with E-state index in [1.165, 1.54) is 11.6 Å². The lowest BCUT2D eigenvalue weighted by atomic mass is 10.2. The third-order valence-corrected chi connectivity index (χ3v) is 5.64. The van der Waals surface area contributed by atoms with Crippen molar-refractivity contribution in [2.75, 3.05) is 11.9 Å². The van der Waals surface area contributed by atoms with Crippen LogP contribution in [0.2, 0.25) is 0 Å². The van der Waals surface area contributed by atoms with Crippen LogP contribution < -0.4 is 26.6 Å². The first kappa shape index (κ1) is 27.7. The van der Waals surface area contributed by atoms with E-state index in [1.54, 1.807) is 18.3 Å². The van der Waals surface area contributed by atoms with E-state index in [1.807, 2.05) is 30.3 Å². The van der Waals surface area contributed by atoms with Crippen molar-refractivity contribution in [1.29, 1.82) is 0 Å². The molecule has 0 radical (unpaired) electrons. The number of carbonyl (C=O) groups excluding carboxylic acids is 4. The average Bonchev–Trinajstić information content (AvgIpc) is 3.38. The normalized spacial score (nSPS) is 11.1. The zero-order chi connectivity index (χ0) is 27.3. The number of hydrogen-bond acceptors (Lipinski definition) is 8. The Hall–Kier alpha value is -4.85. The number of hydrogen-bond donors (Lipinski definition) is 6. The molecule has 38 heavy (non-hydrogen) atoms. The van der Waals surface area contributed by atoms with E-state index < -0.39 is 48.7 Å². The summed E-state index contributed by atoms with van der Waals surface area (Å²) in [5.74, 6) is -3.44. The molecule has 0 bridgehead atoms. The summed E-state index contributed by atoms with van der Waals surface area (Å²) in [5, 5.41) is 23.1. The number of aliphatic carboxylic acids is 1. The summed E-state index contributed by atoms with van der Waals surface area (Å²) in [6, 6.07) is 10.9. The van der Waals surface area contributed by atoms with Crippen molar-refractivity contribution in [3.63, 3.8) is 0 Å². The van der Waals surface area contributed by atoms with Gasteiger partial charge in [0.25, 0.3) is 5.91 Å². The molecule has 198 valence electrons. The van der Waals surface area contributed by atoms with Gasteiger partial charge in [-0.2, -0.15) is 0 Å². The summed E-state index contributed by atoms with van der Waals surface area (Å²) >= 11 is 1.02. The van der Waals surface area contributed by atoms with Crippen LogP contribution in [0.1, 0.15) is 28.0 Å². The third kappa shape index (κ3) is 9.31. The first-order chi connectivity index (χ1) is 18.3. The Morgan fingerprint density at radius 3 is 2.37 bits per heavy atom. The van der Waals surface area contributed by atoms with Crippen LogP contribution in [0.5, 0.6) is 0 Å². The maximum atomic E-state index is 12.4. The molecule has 0 spiro atoms. The van der Waals surface area contributed by atoms with Crippen molar-refractivity contribution in [2.24, 2.45) is 0 Å². The van der Waals surface area contributed by atoms with Crippen molar-refractivity contribution < 1.29 is 29.1 Å². The summed E-state index contributed by atoms with van der Waals surface area (Å²) in [5.41, 5.74) is 1.58. The number of nitrogens with one attached hydrogen (secondary N) is 5. The fourth-order valence-electron chi connectivity index (χ4n) is 3.05. The summed E-state index contributed by atoms with van der Waals surface area (Å²) in [6.07, 6.45) is 2.46. The Labute approximate surface area is 221 Å². The SMILES string of the molecule is O=C(O)C[C@H](NC(=O)CNC(=O)c1csc(NC(=O)NCc2ccccc2)n1)C(=O)NCc1cccnc1. The fourth-order valence-corrected chi connectivity index (χ4v) is 3.74. The lowest BCUT2D eigenvalue weighted by molar-refractivity contribution is -0.140. The fraction of sp³-hybridized carbons (Fsp3) is 0.208. The molecule has 5 amide bonds. The molecule has 0 saturated heterocycles. The molecule has 13 nitrogen and oxygen atoms in total. The Kier molecular flexibility index (Phi) is 10.2. The molecule has 0 saturated carbocycles. The molecule has 0 aliphatic rings. The number of pyridine rings is 1. The van der Waals surface area contributed by atoms with Crippen LogP contribution in [0.4, 0.5) is 9.93 Å². The predicted octanol–water partition coefficient (Wildman–Crippen LogP) is 0.866. The molecule has 0 aliphatic carbocycles. The van der Waals surface area contributed by atoms with E-state index in [0.29, 0.717) is 12.1 Å². The van der Waals surface area contributed by atoms with Crippen LogP contribution in [0, 0.1) is 0 Å². The van der Waals surface area contributed by atoms with Crippen LogP contribution in [0.15, 0.2) is 60.2 Å². The van der Waals surface area contributed by atoms with Crippen molar-refractivity contribution >= 4 is 46.2 Å². The Balaban J connectivity index is 1.44. The van der Waals surface area contributed by atoms with E-state index >= 15 is 0 Å². The smallest absolute Gasteiger partial charge is 0.321 e. The topological polar surface area (TPSA) is 192 Å². The zero-order valence-corrected chi connectivity index (χ0v) is 20.8. The minimum atomic E-state index is -1.35. The van der Waals surface area contributed by atoms with Crippen molar-refractivity contribution in [3.05, 3.63) is 77.1 Å². The van der Waals surface area contributed by atoms with Crippen LogP contribution in [-0.2, 0) is 27.5 Å². The molecule has 0 fully saturated rings. The van der Waals surface area contributed by atoms with Crippen molar-refractivity contribution in [3.8, 4) is 0 Å². The zero-order valence-electron chi connectivity index (χ0n) is 20.0. The number of amides is 5. The lowest BCUT2D eigenvalue weighted by Gasteiger charge is -2.17. The Morgan fingerprint density at radius 1 is 0.921 bits per heavy atom. The molecule has 6 N–H and O–H groups in total. The van der Waals surface area contributed by atoms with Gasteiger partial charge in [-0.3, -0.25) is 29.5 Å². The average molecular weight is 540 g/mol. The van der Waals surface area contributed by atoms with E-state index in [0.717, 1.165) is 16.9 Å². The minimum absolute atomic E-state index is 0.0301. The highest BCUT2D eigenvalue weighted by Crippen LogP contribution is 2.15. The van der Waals surface area contributed by atoms with Gasteiger partial charge in [-0.05, 0) is 17.2 Å². The van der Waals surface area contributed by atoms with Gasteiger partial charge in [-0.15, -0.1) is 11.3 Å². The second kappa shape index (κ2) is 14.0. The van der Waals surface area contributed by atoms with Crippen molar-refractivity contribution in [2.45, 2.75) is 25.6 Å². The lowest BCUT2D eigenvalue weighted by Crippen LogP contribution is -2.50. The number of anilines is 1. The summed E-state index contributed by atoms with van der Waals surface area (Å²) in [7, 11) is 0. The van der Waals surface area contributed by atoms with Gasteiger partial charge >= 0.3 is 12.0 Å². The van der Waals surface area contributed by atoms with Crippen LogP contribution in [0.25, 0.3) is 0 Å². The van der Waals surface area contributed by atoms with Gasteiger partial charge in [0.2, 0.25) is 11.8 Å². The second-order valence-corrected chi connectivity index (χ2v) is 8.67. The van der Waals surface area contributed by atoms with E-state index in [4.69, 9.17) is 5.11 Å². The number of carboxylic acids is 1. The quantitative estimate of drug-likeness (QED) is 0.195. The monoisotopic (exact) mass is 539 g/mol. The number of rotatable bonds is 12. The van der Waals surface area contributed by atoms with Crippen LogP contribution in [0.3, 0.4) is 0 Å². The molecule has 3 aromatic rings. The number of urea groups is 1. The van der Waals surface area contributed by atoms with Gasteiger partial charge in [0.1, 0.15) is 11.7 Å². The minimum Gasteiger partial charge on any atom is -0.481 e. The maximum absolute atomic E-state index is 12.4. The number of carbonyl (C=O) groups is 5.